The standard InChI is InChI=1S/C20H19N3O3/c1-26-17-10-11-22-16(17)12-14-19-13(6-3-2-4-9-18(21)24)7-5-8-15(19)23-20(14)25/h5,7-8,10-12,22H,2,4,9H2,1H3,(H2,21,24)(H,23,25). The topological polar surface area (TPSA) is 97.2 Å². The number of aromatic nitrogens is 1. The Bertz CT molecular complexity index is 945. The lowest BCUT2D eigenvalue weighted by molar-refractivity contribution is -0.118. The quantitative estimate of drug-likeness (QED) is 0.439. The number of carbonyl (C=O) groups excluding carboxylic acids is 2. The lowest BCUT2D eigenvalue weighted by Crippen LogP contribution is -2.09. The third-order valence-corrected chi connectivity index (χ3v) is 4.02. The molecule has 0 saturated heterocycles. The molecule has 2 amide bonds. The smallest absolute Gasteiger partial charge is 0.256 e. The summed E-state index contributed by atoms with van der Waals surface area (Å²) in [6.45, 7) is 0. The van der Waals surface area contributed by atoms with E-state index in [4.69, 9.17) is 10.5 Å². The third-order valence-electron chi connectivity index (χ3n) is 4.02. The lowest BCUT2D eigenvalue weighted by Gasteiger charge is -2.03. The van der Waals surface area contributed by atoms with Crippen LogP contribution in [0.4, 0.5) is 5.69 Å². The number of methoxy groups -OCH3 is 1. The summed E-state index contributed by atoms with van der Waals surface area (Å²) in [5.74, 6) is 6.30. The zero-order chi connectivity index (χ0) is 18.5. The van der Waals surface area contributed by atoms with Crippen molar-refractivity contribution in [3.05, 3.63) is 47.3 Å². The summed E-state index contributed by atoms with van der Waals surface area (Å²) >= 11 is 0. The molecule has 2 heterocycles. The Balaban J connectivity index is 1.93. The monoisotopic (exact) mass is 349 g/mol. The maximum absolute atomic E-state index is 12.4. The summed E-state index contributed by atoms with van der Waals surface area (Å²) < 4.78 is 5.29. The highest BCUT2D eigenvalue weighted by molar-refractivity contribution is 6.35. The Morgan fingerprint density at radius 3 is 2.96 bits per heavy atom. The summed E-state index contributed by atoms with van der Waals surface area (Å²) in [6.07, 6.45) is 5.02. The van der Waals surface area contributed by atoms with Gasteiger partial charge >= 0.3 is 0 Å². The van der Waals surface area contributed by atoms with Gasteiger partial charge < -0.3 is 20.8 Å². The first kappa shape index (κ1) is 17.4. The molecule has 6 nitrogen and oxygen atoms in total. The van der Waals surface area contributed by atoms with Crippen LogP contribution in [0, 0.1) is 11.8 Å². The zero-order valence-corrected chi connectivity index (χ0v) is 14.4. The summed E-state index contributed by atoms with van der Waals surface area (Å²) in [4.78, 5) is 26.3. The molecule has 0 spiro atoms. The fourth-order valence-electron chi connectivity index (χ4n) is 2.80. The third kappa shape index (κ3) is 3.62. The van der Waals surface area contributed by atoms with Gasteiger partial charge in [-0.3, -0.25) is 9.59 Å². The molecule has 0 bridgehead atoms. The number of nitrogens with one attached hydrogen (secondary N) is 2. The van der Waals surface area contributed by atoms with Crippen LogP contribution in [0.2, 0.25) is 0 Å². The van der Waals surface area contributed by atoms with Gasteiger partial charge in [-0.2, -0.15) is 0 Å². The molecule has 2 aromatic rings. The van der Waals surface area contributed by atoms with E-state index in [1.165, 1.54) is 0 Å². The number of unbranched alkanes of at least 4 members (excludes halogenated alkanes) is 1. The summed E-state index contributed by atoms with van der Waals surface area (Å²) in [5, 5.41) is 2.86. The van der Waals surface area contributed by atoms with Crippen molar-refractivity contribution >= 4 is 29.2 Å². The van der Waals surface area contributed by atoms with Crippen LogP contribution in [0.3, 0.4) is 0 Å². The van der Waals surface area contributed by atoms with Crippen LogP contribution in [-0.2, 0) is 9.59 Å². The molecule has 0 saturated carbocycles. The van der Waals surface area contributed by atoms with E-state index >= 15 is 0 Å². The molecule has 0 atom stereocenters. The first-order valence-electron chi connectivity index (χ1n) is 8.25. The van der Waals surface area contributed by atoms with E-state index in [0.29, 0.717) is 30.6 Å². The predicted octanol–water partition coefficient (Wildman–Crippen LogP) is 2.52. The Morgan fingerprint density at radius 1 is 1.35 bits per heavy atom. The fourth-order valence-corrected chi connectivity index (χ4v) is 2.80. The van der Waals surface area contributed by atoms with Crippen molar-refractivity contribution in [1.29, 1.82) is 0 Å². The van der Waals surface area contributed by atoms with Crippen molar-refractivity contribution in [2.75, 3.05) is 12.4 Å². The second-order valence-corrected chi connectivity index (χ2v) is 5.82. The molecule has 1 aliphatic heterocycles. The summed E-state index contributed by atoms with van der Waals surface area (Å²) in [5.41, 5.74) is 8.64. The van der Waals surface area contributed by atoms with E-state index in [1.807, 2.05) is 18.2 Å². The van der Waals surface area contributed by atoms with Gasteiger partial charge in [-0.25, -0.2) is 0 Å². The van der Waals surface area contributed by atoms with Gasteiger partial charge in [0.2, 0.25) is 5.91 Å². The largest absolute Gasteiger partial charge is 0.495 e. The van der Waals surface area contributed by atoms with Gasteiger partial charge in [-0.1, -0.05) is 17.9 Å². The minimum atomic E-state index is -0.327. The molecule has 1 aromatic heterocycles. The second kappa shape index (κ2) is 7.62. The highest BCUT2D eigenvalue weighted by atomic mass is 16.5. The molecular formula is C20H19N3O3. The number of amides is 2. The van der Waals surface area contributed by atoms with Crippen LogP contribution in [0.15, 0.2) is 30.5 Å². The Kier molecular flexibility index (Phi) is 5.09. The van der Waals surface area contributed by atoms with Gasteiger partial charge in [-0.15, -0.1) is 0 Å². The molecule has 0 fully saturated rings. The van der Waals surface area contributed by atoms with Crippen LogP contribution in [0.5, 0.6) is 5.75 Å². The second-order valence-electron chi connectivity index (χ2n) is 5.82. The van der Waals surface area contributed by atoms with Gasteiger partial charge in [0.25, 0.3) is 5.91 Å². The number of anilines is 1. The molecule has 6 heteroatoms. The number of ether oxygens (including phenoxy) is 1. The van der Waals surface area contributed by atoms with E-state index in [-0.39, 0.29) is 11.8 Å². The summed E-state index contributed by atoms with van der Waals surface area (Å²) in [7, 11) is 1.58. The minimum Gasteiger partial charge on any atom is -0.495 e. The Hall–Kier alpha value is -3.46. The number of rotatable bonds is 5. The first-order chi connectivity index (χ1) is 12.6. The molecule has 1 aliphatic rings. The first-order valence-corrected chi connectivity index (χ1v) is 8.25. The molecule has 4 N–H and O–H groups in total. The minimum absolute atomic E-state index is 0.181. The van der Waals surface area contributed by atoms with Gasteiger partial charge in [0.15, 0.2) is 0 Å². The number of aromatic amines is 1. The highest BCUT2D eigenvalue weighted by Gasteiger charge is 2.26. The fraction of sp³-hybridized carbons (Fsp3) is 0.200. The number of hydrogen-bond acceptors (Lipinski definition) is 3. The SMILES string of the molecule is COc1cc[nH]c1C=C1C(=O)Nc2cccc(C#CCCCC(N)=O)c21. The van der Waals surface area contributed by atoms with E-state index in [2.05, 4.69) is 22.1 Å². The lowest BCUT2D eigenvalue weighted by atomic mass is 9.99. The molecule has 26 heavy (non-hydrogen) atoms. The normalized spacial score (nSPS) is 13.7. The molecular weight excluding hydrogens is 330 g/mol. The number of primary amides is 1. The van der Waals surface area contributed by atoms with Crippen molar-refractivity contribution in [1.82, 2.24) is 4.98 Å². The number of benzene rings is 1. The van der Waals surface area contributed by atoms with Crippen LogP contribution >= 0.6 is 0 Å². The summed E-state index contributed by atoms with van der Waals surface area (Å²) in [6, 6.07) is 7.37. The van der Waals surface area contributed by atoms with Gasteiger partial charge in [0.05, 0.1) is 24.1 Å². The van der Waals surface area contributed by atoms with Crippen LogP contribution in [0.25, 0.3) is 11.6 Å². The average Bonchev–Trinajstić information content (AvgIpc) is 3.19. The number of H-pyrrole nitrogens is 1. The van der Waals surface area contributed by atoms with E-state index < -0.39 is 0 Å². The van der Waals surface area contributed by atoms with Gasteiger partial charge in [0, 0.05) is 30.2 Å². The van der Waals surface area contributed by atoms with Crippen LogP contribution < -0.4 is 15.8 Å². The average molecular weight is 349 g/mol. The molecule has 0 unspecified atom stereocenters. The number of fused-ring (bicyclic) bond motifs is 1. The molecule has 132 valence electrons. The van der Waals surface area contributed by atoms with Gasteiger partial charge in [0.1, 0.15) is 5.75 Å². The van der Waals surface area contributed by atoms with E-state index in [0.717, 1.165) is 22.5 Å². The van der Waals surface area contributed by atoms with Crippen molar-refractivity contribution in [2.24, 2.45) is 5.73 Å². The number of nitrogens with two attached hydrogens (primary N) is 1. The zero-order valence-electron chi connectivity index (χ0n) is 14.4. The van der Waals surface area contributed by atoms with Crippen LogP contribution in [0.1, 0.15) is 36.1 Å². The van der Waals surface area contributed by atoms with Crippen molar-refractivity contribution < 1.29 is 14.3 Å². The van der Waals surface area contributed by atoms with Crippen molar-refractivity contribution in [2.45, 2.75) is 19.3 Å². The maximum Gasteiger partial charge on any atom is 0.256 e. The molecule has 1 aromatic carbocycles. The number of carbonyl (C=O) groups is 2. The molecule has 3 rings (SSSR count). The Labute approximate surface area is 151 Å². The number of hydrogen-bond donors (Lipinski definition) is 3. The van der Waals surface area contributed by atoms with E-state index in [1.54, 1.807) is 25.4 Å². The van der Waals surface area contributed by atoms with Gasteiger partial charge in [-0.05, 0) is 30.7 Å². The van der Waals surface area contributed by atoms with Crippen LogP contribution in [-0.4, -0.2) is 23.9 Å². The maximum atomic E-state index is 12.4. The molecule has 0 radical (unpaired) electrons. The highest BCUT2D eigenvalue weighted by Crippen LogP contribution is 2.36. The predicted molar refractivity (Wildman–Crippen MR) is 100 cm³/mol. The van der Waals surface area contributed by atoms with Crippen molar-refractivity contribution in [3.8, 4) is 17.6 Å². The Morgan fingerprint density at radius 2 is 2.19 bits per heavy atom. The van der Waals surface area contributed by atoms with E-state index in [9.17, 15) is 9.59 Å². The van der Waals surface area contributed by atoms with Crippen molar-refractivity contribution in [3.63, 3.8) is 0 Å². The molecule has 0 aliphatic carbocycles.